The third-order valence-electron chi connectivity index (χ3n) is 2.87. The highest BCUT2D eigenvalue weighted by Crippen LogP contribution is 2.18. The maximum Gasteiger partial charge on any atom is 0.335 e. The summed E-state index contributed by atoms with van der Waals surface area (Å²) >= 11 is 3.39. The number of aromatic carboxylic acids is 1. The van der Waals surface area contributed by atoms with Gasteiger partial charge in [-0.15, -0.1) is 0 Å². The van der Waals surface area contributed by atoms with E-state index in [2.05, 4.69) is 26.2 Å². The highest BCUT2D eigenvalue weighted by molar-refractivity contribution is 9.10. The van der Waals surface area contributed by atoms with Crippen LogP contribution in [0.25, 0.3) is 0 Å². The van der Waals surface area contributed by atoms with Crippen LogP contribution in [0.4, 0.5) is 0 Å². The smallest absolute Gasteiger partial charge is 0.335 e. The molecule has 0 aliphatic carbocycles. The number of carboxylic acid groups (broad SMARTS) is 1. The van der Waals surface area contributed by atoms with Crippen LogP contribution in [0.3, 0.4) is 0 Å². The molecule has 2 rings (SSSR count). The van der Waals surface area contributed by atoms with Crippen LogP contribution in [0.15, 0.2) is 40.9 Å². The fourth-order valence-corrected chi connectivity index (χ4v) is 2.37. The van der Waals surface area contributed by atoms with E-state index in [1.54, 1.807) is 12.1 Å². The third-order valence-corrected chi connectivity index (χ3v) is 3.61. The predicted octanol–water partition coefficient (Wildman–Crippen LogP) is 3.14. The zero-order valence-electron chi connectivity index (χ0n) is 11.1. The molecule has 0 spiro atoms. The van der Waals surface area contributed by atoms with Gasteiger partial charge in [-0.2, -0.15) is 0 Å². The number of carbonyl (C=O) groups is 1. The average Bonchev–Trinajstić information content (AvgIpc) is 2.40. The number of carboxylic acids is 1. The molecule has 0 radical (unpaired) electrons. The maximum absolute atomic E-state index is 10.9. The molecule has 0 aliphatic rings. The molecule has 1 aromatic heterocycles. The molecule has 1 heterocycles. The molecule has 0 bridgehead atoms. The fourth-order valence-electron chi connectivity index (χ4n) is 1.85. The lowest BCUT2D eigenvalue weighted by atomic mass is 10.1. The van der Waals surface area contributed by atoms with Gasteiger partial charge in [0, 0.05) is 23.3 Å². The number of nitrogens with one attached hydrogen (secondary N) is 1. The van der Waals surface area contributed by atoms with Crippen LogP contribution in [0.5, 0.6) is 0 Å². The van der Waals surface area contributed by atoms with Gasteiger partial charge in [0.15, 0.2) is 0 Å². The summed E-state index contributed by atoms with van der Waals surface area (Å²) in [4.78, 5) is 15.3. The minimum absolute atomic E-state index is 0.279. The SMILES string of the molecule is Cc1cccc(CNCc2ccc(C(=O)O)cc2Br)n1. The van der Waals surface area contributed by atoms with E-state index in [4.69, 9.17) is 5.11 Å². The molecule has 20 heavy (non-hydrogen) atoms. The second-order valence-corrected chi connectivity index (χ2v) is 5.34. The van der Waals surface area contributed by atoms with Gasteiger partial charge in [0.25, 0.3) is 0 Å². The summed E-state index contributed by atoms with van der Waals surface area (Å²) < 4.78 is 0.794. The lowest BCUT2D eigenvalue weighted by Crippen LogP contribution is -2.14. The summed E-state index contributed by atoms with van der Waals surface area (Å²) in [6.07, 6.45) is 0. The summed E-state index contributed by atoms with van der Waals surface area (Å²) in [6, 6.07) is 11.0. The highest BCUT2D eigenvalue weighted by Gasteiger charge is 2.06. The molecule has 0 unspecified atom stereocenters. The van der Waals surface area contributed by atoms with Gasteiger partial charge in [-0.1, -0.05) is 28.1 Å². The molecule has 2 aromatic rings. The van der Waals surface area contributed by atoms with Gasteiger partial charge in [0.05, 0.1) is 11.3 Å². The van der Waals surface area contributed by atoms with E-state index < -0.39 is 5.97 Å². The van der Waals surface area contributed by atoms with Crippen LogP contribution in [-0.2, 0) is 13.1 Å². The number of halogens is 1. The summed E-state index contributed by atoms with van der Waals surface area (Å²) in [7, 11) is 0. The van der Waals surface area contributed by atoms with E-state index in [-0.39, 0.29) is 5.56 Å². The number of hydrogen-bond donors (Lipinski definition) is 2. The van der Waals surface area contributed by atoms with Crippen molar-refractivity contribution >= 4 is 21.9 Å². The Hall–Kier alpha value is -1.72. The van der Waals surface area contributed by atoms with Gasteiger partial charge in [-0.25, -0.2) is 4.79 Å². The molecule has 0 aliphatic heterocycles. The van der Waals surface area contributed by atoms with Crippen LogP contribution in [0.1, 0.15) is 27.3 Å². The van der Waals surface area contributed by atoms with Gasteiger partial charge in [-0.05, 0) is 36.8 Å². The zero-order valence-corrected chi connectivity index (χ0v) is 12.6. The Morgan fingerprint density at radius 1 is 1.30 bits per heavy atom. The Morgan fingerprint density at radius 3 is 2.75 bits per heavy atom. The molecule has 0 atom stereocenters. The minimum atomic E-state index is -0.922. The van der Waals surface area contributed by atoms with Crippen molar-refractivity contribution in [3.05, 3.63) is 63.4 Å². The number of aromatic nitrogens is 1. The number of rotatable bonds is 5. The standard InChI is InChI=1S/C15H15BrN2O2/c1-10-3-2-4-13(18-10)9-17-8-12-6-5-11(15(19)20)7-14(12)16/h2-7,17H,8-9H2,1H3,(H,19,20). The summed E-state index contributed by atoms with van der Waals surface area (Å²) in [5, 5.41) is 12.2. The number of hydrogen-bond acceptors (Lipinski definition) is 3. The molecule has 0 saturated carbocycles. The van der Waals surface area contributed by atoms with Crippen molar-refractivity contribution in [1.29, 1.82) is 0 Å². The molecular formula is C15H15BrN2O2. The Labute approximate surface area is 126 Å². The van der Waals surface area contributed by atoms with E-state index >= 15 is 0 Å². The molecule has 0 fully saturated rings. The Kier molecular flexibility index (Phi) is 4.87. The normalized spacial score (nSPS) is 10.5. The first kappa shape index (κ1) is 14.7. The van der Waals surface area contributed by atoms with Crippen molar-refractivity contribution in [2.75, 3.05) is 0 Å². The molecule has 4 nitrogen and oxygen atoms in total. The van der Waals surface area contributed by atoms with Gasteiger partial charge in [0.1, 0.15) is 0 Å². The van der Waals surface area contributed by atoms with Gasteiger partial charge < -0.3 is 10.4 Å². The second kappa shape index (κ2) is 6.63. The average molecular weight is 335 g/mol. The van der Waals surface area contributed by atoms with Gasteiger partial charge in [-0.3, -0.25) is 4.98 Å². The van der Waals surface area contributed by atoms with Crippen LogP contribution >= 0.6 is 15.9 Å². The quantitative estimate of drug-likeness (QED) is 0.881. The molecule has 5 heteroatoms. The first-order valence-electron chi connectivity index (χ1n) is 6.21. The number of benzene rings is 1. The van der Waals surface area contributed by atoms with Crippen molar-refractivity contribution in [3.8, 4) is 0 Å². The maximum atomic E-state index is 10.9. The van der Waals surface area contributed by atoms with Gasteiger partial charge >= 0.3 is 5.97 Å². The number of aryl methyl sites for hydroxylation is 1. The molecule has 1 aromatic carbocycles. The predicted molar refractivity (Wildman–Crippen MR) is 80.6 cm³/mol. The molecule has 0 saturated heterocycles. The zero-order chi connectivity index (χ0) is 14.5. The Bertz CT molecular complexity index is 629. The van der Waals surface area contributed by atoms with Crippen molar-refractivity contribution < 1.29 is 9.90 Å². The summed E-state index contributed by atoms with van der Waals surface area (Å²) in [6.45, 7) is 3.29. The monoisotopic (exact) mass is 334 g/mol. The Morgan fingerprint density at radius 2 is 2.10 bits per heavy atom. The molecule has 2 N–H and O–H groups in total. The number of nitrogens with zero attached hydrogens (tertiary/aromatic N) is 1. The van der Waals surface area contributed by atoms with Crippen LogP contribution in [-0.4, -0.2) is 16.1 Å². The van der Waals surface area contributed by atoms with Crippen molar-refractivity contribution in [2.45, 2.75) is 20.0 Å². The van der Waals surface area contributed by atoms with Crippen LogP contribution in [0, 0.1) is 6.92 Å². The van der Waals surface area contributed by atoms with Crippen molar-refractivity contribution in [2.24, 2.45) is 0 Å². The largest absolute Gasteiger partial charge is 0.478 e. The van der Waals surface area contributed by atoms with Crippen molar-refractivity contribution in [3.63, 3.8) is 0 Å². The third kappa shape index (κ3) is 3.88. The lowest BCUT2D eigenvalue weighted by Gasteiger charge is -2.08. The lowest BCUT2D eigenvalue weighted by molar-refractivity contribution is 0.0697. The topological polar surface area (TPSA) is 62.2 Å². The van der Waals surface area contributed by atoms with E-state index in [1.807, 2.05) is 31.2 Å². The van der Waals surface area contributed by atoms with E-state index in [9.17, 15) is 4.79 Å². The van der Waals surface area contributed by atoms with Crippen molar-refractivity contribution in [1.82, 2.24) is 10.3 Å². The molecular weight excluding hydrogens is 320 g/mol. The second-order valence-electron chi connectivity index (χ2n) is 4.49. The summed E-state index contributed by atoms with van der Waals surface area (Å²) in [5.41, 5.74) is 3.28. The first-order chi connectivity index (χ1) is 9.56. The van der Waals surface area contributed by atoms with E-state index in [1.165, 1.54) is 0 Å². The van der Waals surface area contributed by atoms with Crippen LogP contribution < -0.4 is 5.32 Å². The van der Waals surface area contributed by atoms with E-state index in [0.717, 1.165) is 21.4 Å². The molecule has 0 amide bonds. The number of pyridine rings is 1. The van der Waals surface area contributed by atoms with Gasteiger partial charge in [0.2, 0.25) is 0 Å². The molecule has 104 valence electrons. The fraction of sp³-hybridized carbons (Fsp3) is 0.200. The van der Waals surface area contributed by atoms with Crippen LogP contribution in [0.2, 0.25) is 0 Å². The summed E-state index contributed by atoms with van der Waals surface area (Å²) in [5.74, 6) is -0.922. The highest BCUT2D eigenvalue weighted by atomic mass is 79.9. The van der Waals surface area contributed by atoms with E-state index in [0.29, 0.717) is 13.1 Å². The Balaban J connectivity index is 1.96. The minimum Gasteiger partial charge on any atom is -0.478 e. The first-order valence-corrected chi connectivity index (χ1v) is 7.00.